The van der Waals surface area contributed by atoms with Gasteiger partial charge in [-0.15, -0.1) is 11.3 Å². The number of nitrogens with one attached hydrogen (secondary N) is 2. The van der Waals surface area contributed by atoms with Crippen molar-refractivity contribution in [3.8, 4) is 0 Å². The molecule has 0 spiro atoms. The van der Waals surface area contributed by atoms with Gasteiger partial charge in [-0.05, 0) is 25.3 Å². The number of anilines is 1. The first-order valence-corrected chi connectivity index (χ1v) is 8.72. The summed E-state index contributed by atoms with van der Waals surface area (Å²) in [4.78, 5) is 35.6. The van der Waals surface area contributed by atoms with Crippen molar-refractivity contribution in [1.82, 2.24) is 5.32 Å². The van der Waals surface area contributed by atoms with Gasteiger partial charge in [-0.25, -0.2) is 0 Å². The van der Waals surface area contributed by atoms with Gasteiger partial charge in [-0.1, -0.05) is 20.3 Å². The first-order chi connectivity index (χ1) is 11.0. The van der Waals surface area contributed by atoms with Gasteiger partial charge >= 0.3 is 5.97 Å². The smallest absolute Gasteiger partial charge is 0.303 e. The average Bonchev–Trinajstić information content (AvgIpc) is 2.92. The lowest BCUT2D eigenvalue weighted by molar-refractivity contribution is -0.137. The average molecular weight is 340 g/mol. The van der Waals surface area contributed by atoms with Crippen LogP contribution in [0.3, 0.4) is 0 Å². The highest BCUT2D eigenvalue weighted by molar-refractivity contribution is 7.16. The fraction of sp³-hybridized carbons (Fsp3) is 0.562. The number of hydrogen-bond donors (Lipinski definition) is 3. The Balaban J connectivity index is 2.68. The standard InChI is InChI=1S/C16H24N2O4S/c1-3-5-7-13(19)18-16-12(10-11(4-2)23-16)15(22)17-9-6-8-14(20)21/h10H,3-9H2,1-2H3,(H,17,22)(H,18,19)(H,20,21). The van der Waals surface area contributed by atoms with Crippen molar-refractivity contribution in [1.29, 1.82) is 0 Å². The van der Waals surface area contributed by atoms with Crippen molar-refractivity contribution in [2.45, 2.75) is 52.4 Å². The third-order valence-electron chi connectivity index (χ3n) is 3.24. The van der Waals surface area contributed by atoms with Crippen molar-refractivity contribution in [3.05, 3.63) is 16.5 Å². The Morgan fingerprint density at radius 1 is 1.17 bits per heavy atom. The van der Waals surface area contributed by atoms with Crippen LogP contribution in [0.25, 0.3) is 0 Å². The summed E-state index contributed by atoms with van der Waals surface area (Å²) in [5.41, 5.74) is 0.451. The molecule has 0 aromatic carbocycles. The molecule has 1 rings (SSSR count). The van der Waals surface area contributed by atoms with Crippen molar-refractivity contribution in [3.63, 3.8) is 0 Å². The lowest BCUT2D eigenvalue weighted by atomic mass is 10.2. The van der Waals surface area contributed by atoms with E-state index in [-0.39, 0.29) is 18.2 Å². The molecular formula is C16H24N2O4S. The van der Waals surface area contributed by atoms with Gasteiger partial charge in [0.1, 0.15) is 5.00 Å². The minimum atomic E-state index is -0.882. The number of thiophene rings is 1. The highest BCUT2D eigenvalue weighted by Crippen LogP contribution is 2.28. The normalized spacial score (nSPS) is 10.3. The molecule has 0 aliphatic heterocycles. The number of aliphatic carboxylic acids is 1. The maximum absolute atomic E-state index is 12.2. The Morgan fingerprint density at radius 2 is 1.91 bits per heavy atom. The second kappa shape index (κ2) is 9.99. The van der Waals surface area contributed by atoms with Crippen LogP contribution in [-0.4, -0.2) is 29.4 Å². The van der Waals surface area contributed by atoms with Crippen LogP contribution in [0.15, 0.2) is 6.07 Å². The molecule has 6 nitrogen and oxygen atoms in total. The molecule has 0 atom stereocenters. The van der Waals surface area contributed by atoms with Gasteiger partial charge in [0.25, 0.3) is 5.91 Å². The van der Waals surface area contributed by atoms with Crippen LogP contribution in [0.5, 0.6) is 0 Å². The van der Waals surface area contributed by atoms with Gasteiger partial charge in [0.05, 0.1) is 5.56 Å². The highest BCUT2D eigenvalue weighted by Gasteiger charge is 2.17. The zero-order valence-corrected chi connectivity index (χ0v) is 14.4. The lowest BCUT2D eigenvalue weighted by Gasteiger charge is -2.07. The van der Waals surface area contributed by atoms with Gasteiger partial charge in [0.15, 0.2) is 0 Å². The van der Waals surface area contributed by atoms with Crippen LogP contribution in [-0.2, 0) is 16.0 Å². The topological polar surface area (TPSA) is 95.5 Å². The number of carboxylic acids is 1. The third-order valence-corrected chi connectivity index (χ3v) is 4.43. The predicted molar refractivity (Wildman–Crippen MR) is 91.1 cm³/mol. The van der Waals surface area contributed by atoms with Crippen molar-refractivity contribution >= 4 is 34.1 Å². The lowest BCUT2D eigenvalue weighted by Crippen LogP contribution is -2.25. The number of unbranched alkanes of at least 4 members (excludes halogenated alkanes) is 1. The van der Waals surface area contributed by atoms with Crippen LogP contribution >= 0.6 is 11.3 Å². The van der Waals surface area contributed by atoms with E-state index in [0.29, 0.717) is 30.0 Å². The van der Waals surface area contributed by atoms with Crippen molar-refractivity contribution in [2.24, 2.45) is 0 Å². The minimum absolute atomic E-state index is 0.0186. The molecule has 0 saturated heterocycles. The van der Waals surface area contributed by atoms with Crippen LogP contribution in [0.1, 0.15) is 61.2 Å². The summed E-state index contributed by atoms with van der Waals surface area (Å²) in [6.07, 6.45) is 3.38. The summed E-state index contributed by atoms with van der Waals surface area (Å²) in [6.45, 7) is 4.30. The summed E-state index contributed by atoms with van der Waals surface area (Å²) >= 11 is 1.41. The number of hydrogen-bond acceptors (Lipinski definition) is 4. The van der Waals surface area contributed by atoms with E-state index >= 15 is 0 Å². The molecule has 23 heavy (non-hydrogen) atoms. The molecule has 0 radical (unpaired) electrons. The van der Waals surface area contributed by atoms with Gasteiger partial charge in [-0.2, -0.15) is 0 Å². The molecule has 3 N–H and O–H groups in total. The molecule has 0 aliphatic rings. The maximum Gasteiger partial charge on any atom is 0.303 e. The Hall–Kier alpha value is -1.89. The molecule has 1 aromatic rings. The van der Waals surface area contributed by atoms with Gasteiger partial charge in [0.2, 0.25) is 5.91 Å². The van der Waals surface area contributed by atoms with E-state index in [4.69, 9.17) is 5.11 Å². The van der Waals surface area contributed by atoms with E-state index in [9.17, 15) is 14.4 Å². The van der Waals surface area contributed by atoms with Crippen LogP contribution in [0, 0.1) is 0 Å². The van der Waals surface area contributed by atoms with Crippen LogP contribution in [0.4, 0.5) is 5.00 Å². The quantitative estimate of drug-likeness (QED) is 0.570. The molecule has 1 aromatic heterocycles. The summed E-state index contributed by atoms with van der Waals surface area (Å²) in [7, 11) is 0. The Labute approximate surface area is 140 Å². The fourth-order valence-corrected chi connectivity index (χ4v) is 2.95. The molecule has 0 saturated carbocycles. The fourth-order valence-electron chi connectivity index (χ4n) is 1.94. The summed E-state index contributed by atoms with van der Waals surface area (Å²) in [5.74, 6) is -1.25. The minimum Gasteiger partial charge on any atom is -0.481 e. The van der Waals surface area contributed by atoms with Gasteiger partial charge in [-0.3, -0.25) is 14.4 Å². The number of carbonyl (C=O) groups is 3. The Bertz CT molecular complexity index is 554. The highest BCUT2D eigenvalue weighted by atomic mass is 32.1. The molecule has 0 unspecified atom stereocenters. The van der Waals surface area contributed by atoms with E-state index in [1.165, 1.54) is 11.3 Å². The SMILES string of the molecule is CCCCC(=O)Nc1sc(CC)cc1C(=O)NCCCC(=O)O. The molecule has 128 valence electrons. The molecular weight excluding hydrogens is 316 g/mol. The summed E-state index contributed by atoms with van der Waals surface area (Å²) in [5, 5.41) is 14.7. The predicted octanol–water partition coefficient (Wildman–Crippen LogP) is 3.03. The zero-order valence-electron chi connectivity index (χ0n) is 13.6. The Kier molecular flexibility index (Phi) is 8.32. The molecule has 2 amide bonds. The van der Waals surface area contributed by atoms with Crippen LogP contribution in [0.2, 0.25) is 0 Å². The zero-order chi connectivity index (χ0) is 17.2. The summed E-state index contributed by atoms with van der Waals surface area (Å²) < 4.78 is 0. The van der Waals surface area contributed by atoms with E-state index in [1.54, 1.807) is 6.07 Å². The molecule has 0 bridgehead atoms. The van der Waals surface area contributed by atoms with E-state index in [2.05, 4.69) is 10.6 Å². The van der Waals surface area contributed by atoms with E-state index in [0.717, 1.165) is 24.1 Å². The monoisotopic (exact) mass is 340 g/mol. The Morgan fingerprint density at radius 3 is 2.52 bits per heavy atom. The molecule has 0 aliphatic carbocycles. The van der Waals surface area contributed by atoms with E-state index in [1.807, 2.05) is 13.8 Å². The second-order valence-corrected chi connectivity index (χ2v) is 6.35. The maximum atomic E-state index is 12.2. The number of carboxylic acid groups (broad SMARTS) is 1. The molecule has 7 heteroatoms. The second-order valence-electron chi connectivity index (χ2n) is 5.21. The van der Waals surface area contributed by atoms with Gasteiger partial charge < -0.3 is 15.7 Å². The van der Waals surface area contributed by atoms with Crippen LogP contribution < -0.4 is 10.6 Å². The number of rotatable bonds is 10. The number of carbonyl (C=O) groups excluding carboxylic acids is 2. The van der Waals surface area contributed by atoms with Crippen molar-refractivity contribution < 1.29 is 19.5 Å². The first kappa shape index (κ1) is 19.2. The molecule has 1 heterocycles. The number of aryl methyl sites for hydroxylation is 1. The third kappa shape index (κ3) is 6.81. The molecule has 0 fully saturated rings. The number of amides is 2. The first-order valence-electron chi connectivity index (χ1n) is 7.90. The summed E-state index contributed by atoms with van der Waals surface area (Å²) in [6, 6.07) is 1.78. The van der Waals surface area contributed by atoms with Gasteiger partial charge in [0, 0.05) is 24.3 Å². The largest absolute Gasteiger partial charge is 0.481 e. The van der Waals surface area contributed by atoms with E-state index < -0.39 is 5.97 Å². The van der Waals surface area contributed by atoms with Crippen molar-refractivity contribution in [2.75, 3.05) is 11.9 Å².